The van der Waals surface area contributed by atoms with Crippen LogP contribution in [0.2, 0.25) is 0 Å². The Morgan fingerprint density at radius 3 is 2.71 bits per heavy atom. The van der Waals surface area contributed by atoms with Gasteiger partial charge >= 0.3 is 0 Å². The molecule has 0 saturated carbocycles. The average Bonchev–Trinajstić information content (AvgIpc) is 3.07. The molecule has 24 heavy (non-hydrogen) atoms. The van der Waals surface area contributed by atoms with Crippen molar-refractivity contribution in [3.8, 4) is 11.3 Å². The number of benzene rings is 1. The predicted octanol–water partition coefficient (Wildman–Crippen LogP) is 3.32. The molecule has 0 bridgehead atoms. The lowest BCUT2D eigenvalue weighted by Crippen LogP contribution is -2.29. The van der Waals surface area contributed by atoms with E-state index in [2.05, 4.69) is 20.9 Å². The number of hydrogen-bond acceptors (Lipinski definition) is 3. The lowest BCUT2D eigenvalue weighted by molar-refractivity contribution is 0.100. The molecule has 1 fully saturated rings. The van der Waals surface area contributed by atoms with Gasteiger partial charge in [-0.3, -0.25) is 9.78 Å². The van der Waals surface area contributed by atoms with E-state index >= 15 is 0 Å². The molecule has 0 aliphatic carbocycles. The number of hydrogen-bond donors (Lipinski definition) is 2. The fraction of sp³-hybridized carbons (Fsp3) is 0.263. The number of aromatic nitrogens is 2. The van der Waals surface area contributed by atoms with Crippen molar-refractivity contribution in [1.29, 1.82) is 0 Å². The number of rotatable bonds is 3. The molecular weight excluding hydrogens is 300 g/mol. The first kappa shape index (κ1) is 14.8. The van der Waals surface area contributed by atoms with Crippen LogP contribution in [0.3, 0.4) is 0 Å². The van der Waals surface area contributed by atoms with Gasteiger partial charge in [0.15, 0.2) is 0 Å². The van der Waals surface area contributed by atoms with Gasteiger partial charge in [-0.05, 0) is 49.6 Å². The van der Waals surface area contributed by atoms with Gasteiger partial charge in [0, 0.05) is 47.8 Å². The summed E-state index contributed by atoms with van der Waals surface area (Å²) in [5, 5.41) is 1.05. The first-order chi connectivity index (χ1) is 11.7. The first-order valence-corrected chi connectivity index (χ1v) is 8.35. The second-order valence-corrected chi connectivity index (χ2v) is 6.26. The van der Waals surface area contributed by atoms with Crippen LogP contribution in [0.4, 0.5) is 5.69 Å². The number of H-pyrrole nitrogens is 1. The number of nitrogens with zero attached hydrogens (tertiary/aromatic N) is 2. The Hall–Kier alpha value is -2.82. The van der Waals surface area contributed by atoms with E-state index in [0.29, 0.717) is 5.56 Å². The molecule has 0 radical (unpaired) electrons. The molecule has 1 aliphatic rings. The van der Waals surface area contributed by atoms with E-state index in [1.807, 2.05) is 30.5 Å². The molecule has 1 aromatic carbocycles. The van der Waals surface area contributed by atoms with E-state index in [1.165, 1.54) is 24.9 Å². The van der Waals surface area contributed by atoms with Crippen molar-refractivity contribution < 1.29 is 4.79 Å². The first-order valence-electron chi connectivity index (χ1n) is 8.35. The minimum Gasteiger partial charge on any atom is -0.371 e. The van der Waals surface area contributed by atoms with Crippen molar-refractivity contribution in [2.45, 2.75) is 19.3 Å². The molecule has 0 atom stereocenters. The van der Waals surface area contributed by atoms with Gasteiger partial charge < -0.3 is 15.6 Å². The van der Waals surface area contributed by atoms with Crippen LogP contribution in [0.25, 0.3) is 22.2 Å². The van der Waals surface area contributed by atoms with E-state index in [1.54, 1.807) is 6.20 Å². The molecule has 3 heterocycles. The third-order valence-corrected chi connectivity index (χ3v) is 4.71. The summed E-state index contributed by atoms with van der Waals surface area (Å²) < 4.78 is 0. The zero-order valence-electron chi connectivity index (χ0n) is 13.5. The zero-order valence-corrected chi connectivity index (χ0v) is 13.5. The van der Waals surface area contributed by atoms with Crippen LogP contribution in [0.5, 0.6) is 0 Å². The van der Waals surface area contributed by atoms with Gasteiger partial charge in [-0.2, -0.15) is 0 Å². The Bertz CT molecular complexity index is 879. The van der Waals surface area contributed by atoms with Gasteiger partial charge in [-0.15, -0.1) is 0 Å². The predicted molar refractivity (Wildman–Crippen MR) is 96.1 cm³/mol. The SMILES string of the molecule is NC(=O)c1ccc(N2CCCCC2)c2cc(-c3cccnc3)[nH]c12. The van der Waals surface area contributed by atoms with E-state index < -0.39 is 5.91 Å². The number of primary amides is 1. The molecule has 3 aromatic rings. The third-order valence-electron chi connectivity index (χ3n) is 4.71. The zero-order chi connectivity index (χ0) is 16.5. The molecule has 0 spiro atoms. The van der Waals surface area contributed by atoms with Gasteiger partial charge in [-0.25, -0.2) is 0 Å². The number of aromatic amines is 1. The largest absolute Gasteiger partial charge is 0.371 e. The van der Waals surface area contributed by atoms with Crippen LogP contribution in [-0.4, -0.2) is 29.0 Å². The van der Waals surface area contributed by atoms with Crippen molar-refractivity contribution in [2.24, 2.45) is 5.73 Å². The van der Waals surface area contributed by atoms with Crippen molar-refractivity contribution in [3.05, 3.63) is 48.3 Å². The van der Waals surface area contributed by atoms with Crippen LogP contribution in [0.15, 0.2) is 42.7 Å². The highest BCUT2D eigenvalue weighted by atomic mass is 16.1. The number of carbonyl (C=O) groups excluding carboxylic acids is 1. The number of piperidine rings is 1. The smallest absolute Gasteiger partial charge is 0.250 e. The molecule has 5 nitrogen and oxygen atoms in total. The number of carbonyl (C=O) groups is 1. The molecule has 1 amide bonds. The summed E-state index contributed by atoms with van der Waals surface area (Å²) in [6.07, 6.45) is 7.26. The molecule has 2 aromatic heterocycles. The summed E-state index contributed by atoms with van der Waals surface area (Å²) in [5.74, 6) is -0.412. The summed E-state index contributed by atoms with van der Waals surface area (Å²) in [6.45, 7) is 2.11. The van der Waals surface area contributed by atoms with Gasteiger partial charge in [0.05, 0.1) is 11.1 Å². The van der Waals surface area contributed by atoms with Crippen molar-refractivity contribution in [3.63, 3.8) is 0 Å². The molecule has 0 unspecified atom stereocenters. The molecule has 5 heteroatoms. The maximum Gasteiger partial charge on any atom is 0.250 e. The fourth-order valence-corrected chi connectivity index (χ4v) is 3.50. The Labute approximate surface area is 140 Å². The molecular formula is C19H20N4O. The number of nitrogens with one attached hydrogen (secondary N) is 1. The Morgan fingerprint density at radius 2 is 2.00 bits per heavy atom. The van der Waals surface area contributed by atoms with Crippen molar-refractivity contribution >= 4 is 22.5 Å². The van der Waals surface area contributed by atoms with E-state index in [9.17, 15) is 4.79 Å². The van der Waals surface area contributed by atoms with E-state index in [0.717, 1.165) is 35.2 Å². The standard InChI is InChI=1S/C19H20N4O/c20-19(24)14-6-7-17(23-9-2-1-3-10-23)15-11-16(22-18(14)15)13-5-4-8-21-12-13/h4-8,11-12,22H,1-3,9-10H2,(H2,20,24). The van der Waals surface area contributed by atoms with Gasteiger partial charge in [0.2, 0.25) is 0 Å². The summed E-state index contributed by atoms with van der Waals surface area (Å²) in [6, 6.07) is 9.86. The fourth-order valence-electron chi connectivity index (χ4n) is 3.50. The molecule has 3 N–H and O–H groups in total. The molecule has 122 valence electrons. The van der Waals surface area contributed by atoms with Crippen molar-refractivity contribution in [2.75, 3.05) is 18.0 Å². The highest BCUT2D eigenvalue weighted by molar-refractivity contribution is 6.09. The number of amides is 1. The highest BCUT2D eigenvalue weighted by Crippen LogP contribution is 2.34. The number of anilines is 1. The lowest BCUT2D eigenvalue weighted by Gasteiger charge is -2.29. The topological polar surface area (TPSA) is 75.0 Å². The van der Waals surface area contributed by atoms with Crippen LogP contribution in [-0.2, 0) is 0 Å². The minimum absolute atomic E-state index is 0.412. The van der Waals surface area contributed by atoms with E-state index in [-0.39, 0.29) is 0 Å². The van der Waals surface area contributed by atoms with Gasteiger partial charge in [-0.1, -0.05) is 0 Å². The normalized spacial score (nSPS) is 14.9. The maximum absolute atomic E-state index is 11.8. The number of nitrogens with two attached hydrogens (primary N) is 1. The van der Waals surface area contributed by atoms with Gasteiger partial charge in [0.1, 0.15) is 0 Å². The monoisotopic (exact) mass is 320 g/mol. The quantitative estimate of drug-likeness (QED) is 0.777. The Kier molecular flexibility index (Phi) is 3.69. The third kappa shape index (κ3) is 2.52. The molecule has 1 aliphatic heterocycles. The second-order valence-electron chi connectivity index (χ2n) is 6.26. The summed E-state index contributed by atoms with van der Waals surface area (Å²) in [4.78, 5) is 21.8. The van der Waals surface area contributed by atoms with Crippen LogP contribution in [0, 0.1) is 0 Å². The summed E-state index contributed by atoms with van der Waals surface area (Å²) in [7, 11) is 0. The number of pyridine rings is 1. The van der Waals surface area contributed by atoms with Crippen LogP contribution >= 0.6 is 0 Å². The molecule has 1 saturated heterocycles. The lowest BCUT2D eigenvalue weighted by atomic mass is 10.1. The average molecular weight is 320 g/mol. The van der Waals surface area contributed by atoms with Gasteiger partial charge in [0.25, 0.3) is 5.91 Å². The summed E-state index contributed by atoms with van der Waals surface area (Å²) >= 11 is 0. The van der Waals surface area contributed by atoms with Crippen LogP contribution in [0.1, 0.15) is 29.6 Å². The Morgan fingerprint density at radius 1 is 1.17 bits per heavy atom. The maximum atomic E-state index is 11.8. The second kappa shape index (κ2) is 6.00. The van der Waals surface area contributed by atoms with Crippen molar-refractivity contribution in [1.82, 2.24) is 9.97 Å². The van der Waals surface area contributed by atoms with E-state index in [4.69, 9.17) is 5.73 Å². The Balaban J connectivity index is 1.90. The summed E-state index contributed by atoms with van der Waals surface area (Å²) in [5.41, 5.74) is 10.0. The minimum atomic E-state index is -0.412. The van der Waals surface area contributed by atoms with Crippen LogP contribution < -0.4 is 10.6 Å². The number of fused-ring (bicyclic) bond motifs is 1. The highest BCUT2D eigenvalue weighted by Gasteiger charge is 2.19. The molecule has 4 rings (SSSR count).